The van der Waals surface area contributed by atoms with Crippen molar-refractivity contribution < 1.29 is 14.3 Å². The van der Waals surface area contributed by atoms with E-state index in [9.17, 15) is 9.59 Å². The summed E-state index contributed by atoms with van der Waals surface area (Å²) in [5.41, 5.74) is 0.265. The Labute approximate surface area is 163 Å². The van der Waals surface area contributed by atoms with Gasteiger partial charge >= 0.3 is 0 Å². The molecule has 3 saturated heterocycles. The van der Waals surface area contributed by atoms with Crippen molar-refractivity contribution in [2.24, 2.45) is 5.92 Å². The average molecular weight is 386 g/mol. The molecule has 1 N–H and O–H groups in total. The number of hydrogen-bond donors (Lipinski definition) is 1. The molecule has 28 heavy (non-hydrogen) atoms. The first-order chi connectivity index (χ1) is 13.5. The topological polar surface area (TPSA) is 85.7 Å². The molecule has 1 atom stereocenters. The highest BCUT2D eigenvalue weighted by atomic mass is 16.5. The predicted molar refractivity (Wildman–Crippen MR) is 105 cm³/mol. The van der Waals surface area contributed by atoms with Crippen molar-refractivity contribution in [3.05, 3.63) is 28.3 Å². The number of fused-ring (bicyclic) bond motifs is 4. The number of hydrogen-bond acceptors (Lipinski definition) is 6. The number of nitrogens with one attached hydrogen (secondary N) is 1. The summed E-state index contributed by atoms with van der Waals surface area (Å²) in [6.45, 7) is 4.84. The zero-order valence-electron chi connectivity index (χ0n) is 16.5. The zero-order valence-corrected chi connectivity index (χ0v) is 16.5. The van der Waals surface area contributed by atoms with Crippen molar-refractivity contribution in [1.82, 2.24) is 19.8 Å². The van der Waals surface area contributed by atoms with Crippen molar-refractivity contribution in [3.8, 4) is 11.5 Å². The van der Waals surface area contributed by atoms with Gasteiger partial charge in [0, 0.05) is 18.7 Å². The molecule has 0 spiro atoms. The highest BCUT2D eigenvalue weighted by Crippen LogP contribution is 2.30. The van der Waals surface area contributed by atoms with E-state index in [2.05, 4.69) is 15.2 Å². The van der Waals surface area contributed by atoms with Crippen molar-refractivity contribution in [1.29, 1.82) is 0 Å². The molecule has 1 aromatic carbocycles. The number of nitrogens with zero attached hydrogens (tertiary/aromatic N) is 3. The Bertz CT molecular complexity index is 963. The number of aryl methyl sites for hydroxylation is 1. The van der Waals surface area contributed by atoms with E-state index in [0.29, 0.717) is 34.1 Å². The summed E-state index contributed by atoms with van der Waals surface area (Å²) in [5.74, 6) is 1.86. The molecule has 0 saturated carbocycles. The first kappa shape index (κ1) is 18.7. The maximum absolute atomic E-state index is 13.0. The molecule has 5 rings (SSSR count). The Balaban J connectivity index is 1.59. The SMILES string of the molecule is COc1cc2nc(C)n(CC(=O)NC3CN4CCC3CC4)c(=O)c2cc1OC. The monoisotopic (exact) mass is 386 g/mol. The summed E-state index contributed by atoms with van der Waals surface area (Å²) in [5, 5.41) is 3.53. The second-order valence-corrected chi connectivity index (χ2v) is 7.59. The van der Waals surface area contributed by atoms with Gasteiger partial charge in [-0.3, -0.25) is 14.2 Å². The van der Waals surface area contributed by atoms with Crippen LogP contribution in [0.3, 0.4) is 0 Å². The summed E-state index contributed by atoms with van der Waals surface area (Å²) < 4.78 is 12.0. The minimum absolute atomic E-state index is 0.0365. The molecule has 3 fully saturated rings. The Morgan fingerprint density at radius 2 is 1.89 bits per heavy atom. The summed E-state index contributed by atoms with van der Waals surface area (Å²) in [6.07, 6.45) is 2.26. The Morgan fingerprint density at radius 3 is 2.50 bits per heavy atom. The van der Waals surface area contributed by atoms with E-state index in [1.807, 2.05) is 0 Å². The van der Waals surface area contributed by atoms with Crippen molar-refractivity contribution in [3.63, 3.8) is 0 Å². The van der Waals surface area contributed by atoms with Crippen LogP contribution in [-0.4, -0.2) is 60.3 Å². The Kier molecular flexibility index (Phi) is 4.97. The highest BCUT2D eigenvalue weighted by molar-refractivity contribution is 5.82. The van der Waals surface area contributed by atoms with E-state index in [4.69, 9.17) is 9.47 Å². The van der Waals surface area contributed by atoms with Crippen LogP contribution in [0.15, 0.2) is 16.9 Å². The number of rotatable bonds is 5. The van der Waals surface area contributed by atoms with Crippen LogP contribution >= 0.6 is 0 Å². The van der Waals surface area contributed by atoms with Gasteiger partial charge in [0.05, 0.1) is 25.1 Å². The van der Waals surface area contributed by atoms with Crippen LogP contribution in [0.25, 0.3) is 10.9 Å². The number of aromatic nitrogens is 2. The van der Waals surface area contributed by atoms with Crippen LogP contribution in [0, 0.1) is 12.8 Å². The van der Waals surface area contributed by atoms with E-state index in [0.717, 1.165) is 32.5 Å². The summed E-state index contributed by atoms with van der Waals surface area (Å²) in [6, 6.07) is 3.47. The average Bonchev–Trinajstić information content (AvgIpc) is 2.71. The number of ether oxygens (including phenoxy) is 2. The van der Waals surface area contributed by atoms with Gasteiger partial charge in [0.25, 0.3) is 5.56 Å². The Morgan fingerprint density at radius 1 is 1.21 bits per heavy atom. The fourth-order valence-electron chi connectivity index (χ4n) is 4.37. The van der Waals surface area contributed by atoms with Crippen molar-refractivity contribution in [2.75, 3.05) is 33.9 Å². The van der Waals surface area contributed by atoms with Crippen molar-refractivity contribution in [2.45, 2.75) is 32.4 Å². The van der Waals surface area contributed by atoms with E-state index in [1.165, 1.54) is 18.8 Å². The van der Waals surface area contributed by atoms with Crippen molar-refractivity contribution >= 4 is 16.8 Å². The van der Waals surface area contributed by atoms with Crippen LogP contribution in [0.4, 0.5) is 0 Å². The molecular weight excluding hydrogens is 360 g/mol. The minimum Gasteiger partial charge on any atom is -0.493 e. The summed E-state index contributed by atoms with van der Waals surface area (Å²) in [7, 11) is 3.06. The van der Waals surface area contributed by atoms with Gasteiger partial charge in [-0.15, -0.1) is 0 Å². The number of methoxy groups -OCH3 is 2. The molecule has 0 radical (unpaired) electrons. The third-order valence-electron chi connectivity index (χ3n) is 5.95. The lowest BCUT2D eigenvalue weighted by atomic mass is 9.84. The van der Waals surface area contributed by atoms with Gasteiger partial charge in [0.2, 0.25) is 5.91 Å². The maximum Gasteiger partial charge on any atom is 0.262 e. The molecule has 2 bridgehead atoms. The van der Waals surface area contributed by atoms with Gasteiger partial charge in [-0.1, -0.05) is 0 Å². The fourth-order valence-corrected chi connectivity index (χ4v) is 4.37. The first-order valence-electron chi connectivity index (χ1n) is 9.65. The van der Waals surface area contributed by atoms with Gasteiger partial charge in [-0.2, -0.15) is 0 Å². The second kappa shape index (κ2) is 7.43. The third kappa shape index (κ3) is 3.32. The molecular formula is C20H26N4O4. The standard InChI is InChI=1S/C20H26N4O4/c1-12-21-15-9-18(28-3)17(27-2)8-14(15)20(26)24(12)11-19(25)22-16-10-23-6-4-13(16)5-7-23/h8-9,13,16H,4-7,10-11H2,1-3H3,(H,22,25). The lowest BCUT2D eigenvalue weighted by Crippen LogP contribution is -2.57. The highest BCUT2D eigenvalue weighted by Gasteiger charge is 2.34. The molecule has 8 nitrogen and oxygen atoms in total. The predicted octanol–water partition coefficient (Wildman–Crippen LogP) is 0.933. The third-order valence-corrected chi connectivity index (χ3v) is 5.95. The maximum atomic E-state index is 13.0. The lowest BCUT2D eigenvalue weighted by molar-refractivity contribution is -0.123. The minimum atomic E-state index is -0.257. The van der Waals surface area contributed by atoms with Crippen LogP contribution in [0.5, 0.6) is 11.5 Å². The normalized spacial score (nSPS) is 23.6. The molecule has 0 aliphatic carbocycles. The van der Waals surface area contributed by atoms with Gasteiger partial charge < -0.3 is 19.7 Å². The van der Waals surface area contributed by atoms with E-state index >= 15 is 0 Å². The molecule has 3 aliphatic heterocycles. The van der Waals surface area contributed by atoms with Gasteiger partial charge in [-0.25, -0.2) is 4.98 Å². The van der Waals surface area contributed by atoms with Gasteiger partial charge in [0.15, 0.2) is 11.5 Å². The van der Waals surface area contributed by atoms with Gasteiger partial charge in [0.1, 0.15) is 12.4 Å². The number of carbonyl (C=O) groups is 1. The zero-order chi connectivity index (χ0) is 19.8. The van der Waals surface area contributed by atoms with Gasteiger partial charge in [-0.05, 0) is 44.8 Å². The van der Waals surface area contributed by atoms with Crippen LogP contribution in [-0.2, 0) is 11.3 Å². The first-order valence-corrected chi connectivity index (χ1v) is 9.65. The van der Waals surface area contributed by atoms with Crippen LogP contribution in [0.1, 0.15) is 18.7 Å². The largest absolute Gasteiger partial charge is 0.493 e. The van der Waals surface area contributed by atoms with Crippen LogP contribution < -0.4 is 20.3 Å². The molecule has 4 heterocycles. The molecule has 150 valence electrons. The molecule has 2 aromatic rings. The summed E-state index contributed by atoms with van der Waals surface area (Å²) in [4.78, 5) is 32.6. The second-order valence-electron chi connectivity index (χ2n) is 7.59. The van der Waals surface area contributed by atoms with E-state index in [1.54, 1.807) is 19.1 Å². The molecule has 1 aromatic heterocycles. The lowest BCUT2D eigenvalue weighted by Gasteiger charge is -2.44. The van der Waals surface area contributed by atoms with E-state index < -0.39 is 0 Å². The molecule has 1 amide bonds. The number of amides is 1. The number of benzene rings is 1. The number of carbonyl (C=O) groups excluding carboxylic acids is 1. The Hall–Kier alpha value is -2.61. The molecule has 1 unspecified atom stereocenters. The molecule has 3 aliphatic rings. The van der Waals surface area contributed by atoms with Crippen LogP contribution in [0.2, 0.25) is 0 Å². The summed E-state index contributed by atoms with van der Waals surface area (Å²) >= 11 is 0. The number of piperidine rings is 3. The van der Waals surface area contributed by atoms with E-state index in [-0.39, 0.29) is 24.1 Å². The smallest absolute Gasteiger partial charge is 0.262 e. The quantitative estimate of drug-likeness (QED) is 0.823. The molecule has 8 heteroatoms. The fraction of sp³-hybridized carbons (Fsp3) is 0.550.